The summed E-state index contributed by atoms with van der Waals surface area (Å²) in [5.74, 6) is 1.05. The molecule has 1 aliphatic rings. The van der Waals surface area contributed by atoms with Gasteiger partial charge in [-0.1, -0.05) is 27.7 Å². The molecule has 5 heteroatoms. The van der Waals surface area contributed by atoms with Crippen molar-refractivity contribution >= 4 is 5.78 Å². The highest BCUT2D eigenvalue weighted by molar-refractivity contribution is 5.97. The normalized spacial score (nSPS) is 15.2. The second-order valence-electron chi connectivity index (χ2n) is 7.01. The van der Waals surface area contributed by atoms with Crippen molar-refractivity contribution in [2.45, 2.75) is 53.6 Å². The van der Waals surface area contributed by atoms with Crippen LogP contribution in [0.4, 0.5) is 0 Å². The van der Waals surface area contributed by atoms with Crippen molar-refractivity contribution in [3.8, 4) is 5.75 Å². The van der Waals surface area contributed by atoms with Crippen molar-refractivity contribution in [3.63, 3.8) is 0 Å². The smallest absolute Gasteiger partial charge is 0.165 e. The van der Waals surface area contributed by atoms with E-state index in [0.717, 1.165) is 57.0 Å². The van der Waals surface area contributed by atoms with Crippen LogP contribution in [0.3, 0.4) is 0 Å². The molecule has 160 valence electrons. The van der Waals surface area contributed by atoms with E-state index >= 15 is 0 Å². The van der Waals surface area contributed by atoms with Crippen LogP contribution in [-0.2, 0) is 9.47 Å². The molecule has 1 fully saturated rings. The third kappa shape index (κ3) is 9.18. The summed E-state index contributed by atoms with van der Waals surface area (Å²) in [6.07, 6.45) is 2.29. The molecule has 1 saturated heterocycles. The quantitative estimate of drug-likeness (QED) is 0.411. The number of Topliss-reactive ketones (excluding diaryl/α,β-unsaturated/α-hetero) is 1. The van der Waals surface area contributed by atoms with E-state index in [1.165, 1.54) is 0 Å². The van der Waals surface area contributed by atoms with Gasteiger partial charge in [-0.05, 0) is 44.0 Å². The molecule has 28 heavy (non-hydrogen) atoms. The summed E-state index contributed by atoms with van der Waals surface area (Å²) < 4.78 is 16.9. The molecule has 0 saturated carbocycles. The number of benzene rings is 1. The van der Waals surface area contributed by atoms with Crippen molar-refractivity contribution in [2.24, 2.45) is 5.92 Å². The Morgan fingerprint density at radius 3 is 2.21 bits per heavy atom. The average molecular weight is 394 g/mol. The van der Waals surface area contributed by atoms with Gasteiger partial charge in [0, 0.05) is 37.7 Å². The Labute approximate surface area is 171 Å². The topological polar surface area (TPSA) is 48.0 Å². The first-order chi connectivity index (χ1) is 13.6. The lowest BCUT2D eigenvalue weighted by Crippen LogP contribution is -2.39. The van der Waals surface area contributed by atoms with Crippen LogP contribution in [0.5, 0.6) is 5.75 Å². The highest BCUT2D eigenvalue weighted by Gasteiger charge is 2.20. The van der Waals surface area contributed by atoms with Crippen LogP contribution < -0.4 is 4.74 Å². The molecule has 0 unspecified atom stereocenters. The average Bonchev–Trinajstić information content (AvgIpc) is 2.73. The summed E-state index contributed by atoms with van der Waals surface area (Å²) >= 11 is 0. The van der Waals surface area contributed by atoms with Gasteiger partial charge in [0.15, 0.2) is 5.78 Å². The summed E-state index contributed by atoms with van der Waals surface area (Å²) in [7, 11) is 0. The lowest BCUT2D eigenvalue weighted by atomic mass is 10.0. The second-order valence-corrected chi connectivity index (χ2v) is 7.01. The number of hydrogen-bond donors (Lipinski definition) is 0. The highest BCUT2D eigenvalue weighted by Crippen LogP contribution is 2.20. The molecule has 0 atom stereocenters. The molecule has 1 aromatic rings. The number of hydrogen-bond acceptors (Lipinski definition) is 5. The van der Waals surface area contributed by atoms with Crippen LogP contribution >= 0.6 is 0 Å². The molecular weight excluding hydrogens is 354 g/mol. The monoisotopic (exact) mass is 393 g/mol. The predicted octanol–water partition coefficient (Wildman–Crippen LogP) is 4.45. The van der Waals surface area contributed by atoms with E-state index in [4.69, 9.17) is 14.2 Å². The van der Waals surface area contributed by atoms with Crippen molar-refractivity contribution in [1.29, 1.82) is 0 Å². The maximum Gasteiger partial charge on any atom is 0.165 e. The molecule has 0 spiro atoms. The van der Waals surface area contributed by atoms with Crippen LogP contribution in [0.15, 0.2) is 24.3 Å². The van der Waals surface area contributed by atoms with E-state index in [1.54, 1.807) is 0 Å². The molecule has 2 rings (SSSR count). The standard InChI is InChI=1S/C21H33NO4.C2H6/c1-4-24-15-16-25-14-13-22-11-9-20(10-12-22)26-19-7-5-18(6-8-19)21(23)17(2)3;1-2/h5-8,17,20H,4,9-16H2,1-3H3;1-2H3. The third-order valence-electron chi connectivity index (χ3n) is 4.63. The fourth-order valence-corrected chi connectivity index (χ4v) is 3.03. The molecule has 1 aromatic carbocycles. The molecule has 1 heterocycles. The Balaban J connectivity index is 0.00000190. The Morgan fingerprint density at radius 1 is 1.04 bits per heavy atom. The SMILES string of the molecule is CC.CCOCCOCCN1CCC(Oc2ccc(C(=O)C(C)C)cc2)CC1. The van der Waals surface area contributed by atoms with Crippen molar-refractivity contribution in [2.75, 3.05) is 46.1 Å². The van der Waals surface area contributed by atoms with E-state index < -0.39 is 0 Å². The number of carbonyl (C=O) groups is 1. The first kappa shape index (κ1) is 24.6. The zero-order valence-corrected chi connectivity index (χ0v) is 18.4. The minimum Gasteiger partial charge on any atom is -0.490 e. The fraction of sp³-hybridized carbons (Fsp3) is 0.696. The van der Waals surface area contributed by atoms with Gasteiger partial charge >= 0.3 is 0 Å². The van der Waals surface area contributed by atoms with Gasteiger partial charge in [-0.15, -0.1) is 0 Å². The maximum atomic E-state index is 12.0. The summed E-state index contributed by atoms with van der Waals surface area (Å²) in [6, 6.07) is 7.56. The van der Waals surface area contributed by atoms with E-state index in [2.05, 4.69) is 4.90 Å². The van der Waals surface area contributed by atoms with Crippen molar-refractivity contribution < 1.29 is 19.0 Å². The Hall–Kier alpha value is -1.43. The lowest BCUT2D eigenvalue weighted by Gasteiger charge is -2.32. The molecule has 0 aliphatic carbocycles. The second kappa shape index (κ2) is 14.6. The van der Waals surface area contributed by atoms with E-state index in [1.807, 2.05) is 58.9 Å². The van der Waals surface area contributed by atoms with Gasteiger partial charge < -0.3 is 19.1 Å². The molecule has 0 N–H and O–H groups in total. The molecule has 1 aliphatic heterocycles. The minimum absolute atomic E-state index is 0.0225. The van der Waals surface area contributed by atoms with E-state index in [9.17, 15) is 4.79 Å². The van der Waals surface area contributed by atoms with Gasteiger partial charge in [0.05, 0.1) is 19.8 Å². The van der Waals surface area contributed by atoms with Crippen LogP contribution in [0.25, 0.3) is 0 Å². The highest BCUT2D eigenvalue weighted by atomic mass is 16.5. The zero-order chi connectivity index (χ0) is 20.8. The van der Waals surface area contributed by atoms with Gasteiger partial charge in [0.1, 0.15) is 11.9 Å². The number of nitrogens with zero attached hydrogens (tertiary/aromatic N) is 1. The summed E-state index contributed by atoms with van der Waals surface area (Å²) in [5, 5.41) is 0. The molecule has 0 bridgehead atoms. The van der Waals surface area contributed by atoms with Gasteiger partial charge in [0.2, 0.25) is 0 Å². The Morgan fingerprint density at radius 2 is 1.64 bits per heavy atom. The fourth-order valence-electron chi connectivity index (χ4n) is 3.03. The number of rotatable bonds is 11. The first-order valence-corrected chi connectivity index (χ1v) is 10.8. The first-order valence-electron chi connectivity index (χ1n) is 10.8. The molecule has 0 amide bonds. The number of ketones is 1. The van der Waals surface area contributed by atoms with Crippen LogP contribution in [0.1, 0.15) is 57.8 Å². The van der Waals surface area contributed by atoms with Gasteiger partial charge in [-0.25, -0.2) is 0 Å². The number of likely N-dealkylation sites (tertiary alicyclic amines) is 1. The Kier molecular flexibility index (Phi) is 12.8. The third-order valence-corrected chi connectivity index (χ3v) is 4.63. The zero-order valence-electron chi connectivity index (χ0n) is 18.4. The minimum atomic E-state index is 0.0225. The van der Waals surface area contributed by atoms with Gasteiger partial charge in [0.25, 0.3) is 0 Å². The largest absolute Gasteiger partial charge is 0.490 e. The summed E-state index contributed by atoms with van der Waals surface area (Å²) in [4.78, 5) is 14.4. The number of carbonyl (C=O) groups excluding carboxylic acids is 1. The lowest BCUT2D eigenvalue weighted by molar-refractivity contribution is 0.0327. The Bertz CT molecular complexity index is 522. The van der Waals surface area contributed by atoms with Crippen molar-refractivity contribution in [1.82, 2.24) is 4.90 Å². The molecule has 5 nitrogen and oxygen atoms in total. The number of piperidine rings is 1. The van der Waals surface area contributed by atoms with Crippen LogP contribution in [0.2, 0.25) is 0 Å². The molecular formula is C23H39NO4. The maximum absolute atomic E-state index is 12.0. The van der Waals surface area contributed by atoms with Gasteiger partial charge in [-0.2, -0.15) is 0 Å². The number of ether oxygens (including phenoxy) is 3. The summed E-state index contributed by atoms with van der Waals surface area (Å²) in [6.45, 7) is 15.7. The predicted molar refractivity (Wildman–Crippen MR) is 114 cm³/mol. The molecule has 0 aromatic heterocycles. The van der Waals surface area contributed by atoms with Gasteiger partial charge in [-0.3, -0.25) is 4.79 Å². The summed E-state index contributed by atoms with van der Waals surface area (Å²) in [5.41, 5.74) is 0.756. The van der Waals surface area contributed by atoms with E-state index in [0.29, 0.717) is 13.2 Å². The van der Waals surface area contributed by atoms with Crippen molar-refractivity contribution in [3.05, 3.63) is 29.8 Å². The van der Waals surface area contributed by atoms with Crippen LogP contribution in [0, 0.1) is 5.92 Å². The molecule has 0 radical (unpaired) electrons. The van der Waals surface area contributed by atoms with Crippen LogP contribution in [-0.4, -0.2) is 62.8 Å². The van der Waals surface area contributed by atoms with E-state index in [-0.39, 0.29) is 17.8 Å².